The molecule has 1 aromatic heterocycles. The first kappa shape index (κ1) is 22.4. The van der Waals surface area contributed by atoms with E-state index in [1.807, 2.05) is 6.08 Å². The lowest BCUT2D eigenvalue weighted by Crippen LogP contribution is -2.25. The molecular formula is C22H28FN3O3. The maximum Gasteiger partial charge on any atom is 0.255 e. The Kier molecular flexibility index (Phi) is 9.11. The minimum absolute atomic E-state index is 0.0114. The molecule has 1 heterocycles. The van der Waals surface area contributed by atoms with Gasteiger partial charge >= 0.3 is 0 Å². The van der Waals surface area contributed by atoms with E-state index >= 15 is 0 Å². The highest BCUT2D eigenvalue weighted by Gasteiger charge is 2.14. The van der Waals surface area contributed by atoms with Crippen LogP contribution in [0.4, 0.5) is 10.2 Å². The van der Waals surface area contributed by atoms with Gasteiger partial charge in [0.15, 0.2) is 11.6 Å². The Morgan fingerprint density at radius 3 is 2.76 bits per heavy atom. The zero-order valence-electron chi connectivity index (χ0n) is 16.9. The van der Waals surface area contributed by atoms with E-state index in [9.17, 15) is 9.18 Å². The van der Waals surface area contributed by atoms with E-state index in [2.05, 4.69) is 23.3 Å². The number of hydrogen-bond acceptors (Lipinski definition) is 5. The van der Waals surface area contributed by atoms with Crippen molar-refractivity contribution in [2.24, 2.45) is 0 Å². The number of aromatic nitrogens is 1. The molecule has 6 nitrogen and oxygen atoms in total. The number of anilines is 1. The third kappa shape index (κ3) is 6.87. The second-order valence-electron chi connectivity index (χ2n) is 6.48. The van der Waals surface area contributed by atoms with Crippen LogP contribution in [0.1, 0.15) is 47.8 Å². The van der Waals surface area contributed by atoms with Crippen molar-refractivity contribution in [1.82, 2.24) is 10.3 Å². The summed E-state index contributed by atoms with van der Waals surface area (Å²) in [5, 5.41) is 2.67. The van der Waals surface area contributed by atoms with Crippen LogP contribution in [0.3, 0.4) is 0 Å². The Labute approximate surface area is 170 Å². The van der Waals surface area contributed by atoms with E-state index < -0.39 is 11.7 Å². The van der Waals surface area contributed by atoms with Gasteiger partial charge < -0.3 is 20.5 Å². The predicted molar refractivity (Wildman–Crippen MR) is 111 cm³/mol. The Morgan fingerprint density at radius 1 is 1.24 bits per heavy atom. The van der Waals surface area contributed by atoms with Crippen LogP contribution in [0, 0.1) is 5.82 Å². The van der Waals surface area contributed by atoms with Gasteiger partial charge in [0, 0.05) is 19.2 Å². The molecule has 0 aliphatic rings. The molecule has 0 fully saturated rings. The van der Waals surface area contributed by atoms with Crippen LogP contribution in [-0.2, 0) is 17.9 Å². The van der Waals surface area contributed by atoms with E-state index in [4.69, 9.17) is 15.2 Å². The number of unbranched alkanes of at least 4 members (excludes halogenated alkanes) is 1. The van der Waals surface area contributed by atoms with Gasteiger partial charge in [0.1, 0.15) is 5.82 Å². The van der Waals surface area contributed by atoms with E-state index in [1.165, 1.54) is 0 Å². The highest BCUT2D eigenvalue weighted by Crippen LogP contribution is 2.21. The molecule has 1 amide bonds. The van der Waals surface area contributed by atoms with Crippen LogP contribution in [0.5, 0.6) is 5.75 Å². The Balaban J connectivity index is 1.94. The van der Waals surface area contributed by atoms with Gasteiger partial charge in [0.05, 0.1) is 24.5 Å². The van der Waals surface area contributed by atoms with Crippen molar-refractivity contribution in [3.8, 4) is 5.75 Å². The number of halogens is 1. The summed E-state index contributed by atoms with van der Waals surface area (Å²) < 4.78 is 25.1. The van der Waals surface area contributed by atoms with Crippen molar-refractivity contribution in [3.63, 3.8) is 0 Å². The number of benzene rings is 1. The second kappa shape index (κ2) is 11.8. The molecule has 29 heavy (non-hydrogen) atoms. The van der Waals surface area contributed by atoms with Crippen molar-refractivity contribution in [2.45, 2.75) is 39.3 Å². The van der Waals surface area contributed by atoms with Gasteiger partial charge in [-0.15, -0.1) is 0 Å². The minimum atomic E-state index is -0.480. The van der Waals surface area contributed by atoms with Gasteiger partial charge in [-0.2, -0.15) is 0 Å². The first-order valence-corrected chi connectivity index (χ1v) is 9.64. The highest BCUT2D eigenvalue weighted by molar-refractivity contribution is 5.98. The zero-order valence-corrected chi connectivity index (χ0v) is 16.9. The van der Waals surface area contributed by atoms with Gasteiger partial charge in [-0.25, -0.2) is 9.37 Å². The summed E-state index contributed by atoms with van der Waals surface area (Å²) in [4.78, 5) is 16.5. The lowest BCUT2D eigenvalue weighted by Gasteiger charge is -2.11. The fourth-order valence-electron chi connectivity index (χ4n) is 2.65. The van der Waals surface area contributed by atoms with Gasteiger partial charge in [-0.3, -0.25) is 4.79 Å². The summed E-state index contributed by atoms with van der Waals surface area (Å²) in [5.41, 5.74) is 7.04. The molecule has 2 aromatic rings. The number of nitrogens with zero attached hydrogens (tertiary/aromatic N) is 1. The third-order valence-corrected chi connectivity index (χ3v) is 4.17. The summed E-state index contributed by atoms with van der Waals surface area (Å²) in [6, 6.07) is 8.12. The zero-order chi connectivity index (χ0) is 21.1. The number of rotatable bonds is 11. The summed E-state index contributed by atoms with van der Waals surface area (Å²) in [7, 11) is 1.55. The molecule has 0 bridgehead atoms. The number of nitrogens with two attached hydrogens (primary N) is 1. The molecule has 0 saturated carbocycles. The number of carbonyl (C=O) groups is 1. The van der Waals surface area contributed by atoms with E-state index in [0.717, 1.165) is 12.8 Å². The van der Waals surface area contributed by atoms with Crippen molar-refractivity contribution in [1.29, 1.82) is 0 Å². The van der Waals surface area contributed by atoms with Crippen LogP contribution in [0.2, 0.25) is 0 Å². The smallest absolute Gasteiger partial charge is 0.255 e. The quantitative estimate of drug-likeness (QED) is 0.439. The molecule has 0 unspecified atom stereocenters. The van der Waals surface area contributed by atoms with E-state index in [1.54, 1.807) is 37.4 Å². The van der Waals surface area contributed by atoms with Crippen LogP contribution in [-0.4, -0.2) is 24.6 Å². The van der Waals surface area contributed by atoms with Crippen molar-refractivity contribution >= 4 is 11.7 Å². The summed E-state index contributed by atoms with van der Waals surface area (Å²) >= 11 is 0. The number of hydrogen-bond donors (Lipinski definition) is 2. The van der Waals surface area contributed by atoms with Crippen LogP contribution < -0.4 is 15.8 Å². The number of nitrogens with one attached hydrogen (secondary N) is 1. The maximum atomic E-state index is 14.6. The topological polar surface area (TPSA) is 86.5 Å². The van der Waals surface area contributed by atoms with E-state index in [-0.39, 0.29) is 23.7 Å². The first-order valence-electron chi connectivity index (χ1n) is 9.64. The monoisotopic (exact) mass is 401 g/mol. The summed E-state index contributed by atoms with van der Waals surface area (Å²) in [6.45, 7) is 2.82. The first-order chi connectivity index (χ1) is 14.1. The van der Waals surface area contributed by atoms with Gasteiger partial charge in [-0.1, -0.05) is 37.6 Å². The van der Waals surface area contributed by atoms with Gasteiger partial charge in [0.25, 0.3) is 5.91 Å². The fourth-order valence-corrected chi connectivity index (χ4v) is 2.65. The molecular weight excluding hydrogens is 373 g/mol. The summed E-state index contributed by atoms with van der Waals surface area (Å²) in [5.74, 6) is -0.630. The number of nitrogen functional groups attached to an aromatic ring is 1. The number of pyridine rings is 1. The minimum Gasteiger partial charge on any atom is -0.490 e. The fraction of sp³-hybridized carbons (Fsp3) is 0.364. The summed E-state index contributed by atoms with van der Waals surface area (Å²) in [6.07, 6.45) is 6.96. The number of allylic oxidation sites excluding steroid dienone is 1. The van der Waals surface area contributed by atoms with Gasteiger partial charge in [-0.05, 0) is 31.0 Å². The molecule has 7 heteroatoms. The molecule has 3 N–H and O–H groups in total. The molecule has 0 spiro atoms. The Bertz CT molecular complexity index is 840. The Hall–Kier alpha value is -2.93. The third-order valence-electron chi connectivity index (χ3n) is 4.17. The average Bonchev–Trinajstić information content (AvgIpc) is 2.71. The standard InChI is InChI=1S/C22H28FN3O3/c1-3-4-5-6-7-13-29-19-10-8-9-16(20(19)23)14-25-22(27)18-12-11-17(15-28-2)26-21(18)24/h5-6,8-12H,3-4,7,13-15H2,1-2H3,(H2,24,26)(H,25,27). The van der Waals surface area contributed by atoms with Crippen molar-refractivity contribution < 1.29 is 18.7 Å². The number of carbonyl (C=O) groups excluding carboxylic acids is 1. The SMILES string of the molecule is CCCC=CCCOc1cccc(CNC(=O)c2ccc(COC)nc2N)c1F. The van der Waals surface area contributed by atoms with Crippen molar-refractivity contribution in [3.05, 3.63) is 65.1 Å². The lowest BCUT2D eigenvalue weighted by atomic mass is 10.1. The molecule has 0 aliphatic carbocycles. The van der Waals surface area contributed by atoms with Crippen LogP contribution in [0.25, 0.3) is 0 Å². The molecule has 2 rings (SSSR count). The predicted octanol–water partition coefficient (Wildman–Crippen LogP) is 4.00. The molecule has 0 radical (unpaired) electrons. The van der Waals surface area contributed by atoms with Crippen molar-refractivity contribution in [2.75, 3.05) is 19.5 Å². The lowest BCUT2D eigenvalue weighted by molar-refractivity contribution is 0.0951. The average molecular weight is 401 g/mol. The Morgan fingerprint density at radius 2 is 2.03 bits per heavy atom. The van der Waals surface area contributed by atoms with Crippen LogP contribution >= 0.6 is 0 Å². The molecule has 0 saturated heterocycles. The number of ether oxygens (including phenoxy) is 2. The largest absolute Gasteiger partial charge is 0.490 e. The van der Waals surface area contributed by atoms with E-state index in [0.29, 0.717) is 30.9 Å². The molecule has 1 aromatic carbocycles. The molecule has 0 atom stereocenters. The number of methoxy groups -OCH3 is 1. The molecule has 156 valence electrons. The highest BCUT2D eigenvalue weighted by atomic mass is 19.1. The van der Waals surface area contributed by atoms with Crippen LogP contribution in [0.15, 0.2) is 42.5 Å². The molecule has 0 aliphatic heterocycles. The maximum absolute atomic E-state index is 14.6. The normalized spacial score (nSPS) is 11.0. The number of amides is 1. The van der Waals surface area contributed by atoms with Gasteiger partial charge in [0.2, 0.25) is 0 Å². The second-order valence-corrected chi connectivity index (χ2v) is 6.48.